The Bertz CT molecular complexity index is 1070. The highest BCUT2D eigenvalue weighted by Gasteiger charge is 2.39. The van der Waals surface area contributed by atoms with E-state index in [-0.39, 0.29) is 6.85 Å². The zero-order valence-electron chi connectivity index (χ0n) is 17.0. The summed E-state index contributed by atoms with van der Waals surface area (Å²) in [7, 11) is 0. The molecule has 138 valence electrons. The predicted molar refractivity (Wildman–Crippen MR) is 122 cm³/mol. The van der Waals surface area contributed by atoms with Gasteiger partial charge in [0, 0.05) is 17.6 Å². The topological polar surface area (TPSA) is 15.6 Å². The SMILES string of the molecule is CC(C)c1cccc(C(C)C)c1N1c2ccccc2B2N=Cc3cccc1c32. The minimum atomic E-state index is 0.118. The first-order chi connectivity index (χ1) is 13.6. The van der Waals surface area contributed by atoms with E-state index in [0.717, 1.165) is 0 Å². The van der Waals surface area contributed by atoms with Crippen LogP contribution in [0.5, 0.6) is 0 Å². The quantitative estimate of drug-likeness (QED) is 0.579. The molecule has 0 aliphatic carbocycles. The third kappa shape index (κ3) is 2.39. The van der Waals surface area contributed by atoms with E-state index in [1.54, 1.807) is 0 Å². The zero-order chi connectivity index (χ0) is 19.4. The Morgan fingerprint density at radius 3 is 2.11 bits per heavy atom. The standard InChI is InChI=1S/C25H25BN2/c1-16(2)19-10-8-11-20(17(3)4)25(19)28-22-13-6-5-12-21(22)26-24-18(15-27-26)9-7-14-23(24)28/h5-17H,1-4H3. The molecule has 3 aromatic rings. The second-order valence-corrected chi connectivity index (χ2v) is 8.45. The number of hydrogen-bond donors (Lipinski definition) is 0. The van der Waals surface area contributed by atoms with E-state index in [1.807, 2.05) is 6.21 Å². The van der Waals surface area contributed by atoms with Gasteiger partial charge in [-0.15, -0.1) is 0 Å². The summed E-state index contributed by atoms with van der Waals surface area (Å²) in [6.07, 6.45) is 2.04. The summed E-state index contributed by atoms with van der Waals surface area (Å²) >= 11 is 0. The van der Waals surface area contributed by atoms with Gasteiger partial charge < -0.3 is 9.80 Å². The summed E-state index contributed by atoms with van der Waals surface area (Å²) in [6, 6.07) is 22.2. The van der Waals surface area contributed by atoms with Crippen molar-refractivity contribution in [1.29, 1.82) is 0 Å². The molecule has 0 saturated carbocycles. The average molecular weight is 364 g/mol. The lowest BCUT2D eigenvalue weighted by atomic mass is 9.49. The van der Waals surface area contributed by atoms with Crippen molar-refractivity contribution in [3.8, 4) is 0 Å². The Balaban J connectivity index is 1.87. The van der Waals surface area contributed by atoms with Crippen molar-refractivity contribution in [3.05, 3.63) is 77.4 Å². The molecule has 0 amide bonds. The van der Waals surface area contributed by atoms with Crippen LogP contribution in [-0.4, -0.2) is 13.1 Å². The molecule has 0 aromatic heterocycles. The van der Waals surface area contributed by atoms with Crippen molar-refractivity contribution in [2.75, 3.05) is 4.90 Å². The molecular formula is C25H25BN2. The van der Waals surface area contributed by atoms with Gasteiger partial charge >= 0.3 is 6.85 Å². The van der Waals surface area contributed by atoms with Crippen LogP contribution in [-0.2, 0) is 0 Å². The number of fused-ring (bicyclic) bond motifs is 2. The van der Waals surface area contributed by atoms with E-state index < -0.39 is 0 Å². The molecule has 0 spiro atoms. The van der Waals surface area contributed by atoms with Crippen LogP contribution in [0, 0.1) is 0 Å². The van der Waals surface area contributed by atoms with E-state index in [9.17, 15) is 0 Å². The normalized spacial score (nSPS) is 14.1. The molecule has 3 heteroatoms. The maximum Gasteiger partial charge on any atom is 0.349 e. The Labute approximate surface area is 168 Å². The Kier molecular flexibility index (Phi) is 3.94. The molecule has 0 fully saturated rings. The molecule has 2 aliphatic heterocycles. The fourth-order valence-corrected chi connectivity index (χ4v) is 4.70. The van der Waals surface area contributed by atoms with Crippen LogP contribution < -0.4 is 15.8 Å². The highest BCUT2D eigenvalue weighted by Crippen LogP contribution is 2.44. The minimum absolute atomic E-state index is 0.118. The molecule has 2 heterocycles. The number of benzene rings is 3. The summed E-state index contributed by atoms with van der Waals surface area (Å²) in [5.41, 5.74) is 10.6. The van der Waals surface area contributed by atoms with Gasteiger partial charge in [-0.3, -0.25) is 0 Å². The van der Waals surface area contributed by atoms with Gasteiger partial charge in [0.15, 0.2) is 0 Å². The summed E-state index contributed by atoms with van der Waals surface area (Å²) in [4.78, 5) is 7.37. The first-order valence-electron chi connectivity index (χ1n) is 10.3. The average Bonchev–Trinajstić information content (AvgIpc) is 3.13. The second kappa shape index (κ2) is 6.37. The number of hydrogen-bond acceptors (Lipinski definition) is 2. The summed E-state index contributed by atoms with van der Waals surface area (Å²) < 4.78 is 0. The van der Waals surface area contributed by atoms with Crippen molar-refractivity contribution < 1.29 is 0 Å². The zero-order valence-corrected chi connectivity index (χ0v) is 17.0. The van der Waals surface area contributed by atoms with E-state index >= 15 is 0 Å². The van der Waals surface area contributed by atoms with Crippen LogP contribution in [0.3, 0.4) is 0 Å². The molecule has 3 aromatic carbocycles. The van der Waals surface area contributed by atoms with Crippen molar-refractivity contribution >= 4 is 41.1 Å². The first-order valence-corrected chi connectivity index (χ1v) is 10.3. The van der Waals surface area contributed by atoms with Crippen LogP contribution in [0.1, 0.15) is 56.2 Å². The summed E-state index contributed by atoms with van der Waals surface area (Å²) in [5, 5.41) is 0. The molecule has 0 N–H and O–H groups in total. The van der Waals surface area contributed by atoms with Gasteiger partial charge in [0.1, 0.15) is 0 Å². The lowest BCUT2D eigenvalue weighted by Crippen LogP contribution is -2.48. The van der Waals surface area contributed by atoms with Crippen molar-refractivity contribution in [1.82, 2.24) is 0 Å². The monoisotopic (exact) mass is 364 g/mol. The van der Waals surface area contributed by atoms with E-state index in [2.05, 4.69) is 93.3 Å². The lowest BCUT2D eigenvalue weighted by Gasteiger charge is -2.38. The van der Waals surface area contributed by atoms with Crippen molar-refractivity contribution in [2.24, 2.45) is 4.90 Å². The second-order valence-electron chi connectivity index (χ2n) is 8.45. The van der Waals surface area contributed by atoms with Gasteiger partial charge in [-0.2, -0.15) is 0 Å². The number of para-hydroxylation sites is 2. The van der Waals surface area contributed by atoms with E-state index in [1.165, 1.54) is 44.7 Å². The van der Waals surface area contributed by atoms with Crippen LogP contribution >= 0.6 is 0 Å². The largest absolute Gasteiger partial charge is 0.349 e. The molecule has 0 unspecified atom stereocenters. The third-order valence-electron chi connectivity index (χ3n) is 6.03. The molecule has 2 nitrogen and oxygen atoms in total. The van der Waals surface area contributed by atoms with Gasteiger partial charge in [-0.1, -0.05) is 76.2 Å². The van der Waals surface area contributed by atoms with Gasteiger partial charge in [-0.25, -0.2) is 0 Å². The summed E-state index contributed by atoms with van der Waals surface area (Å²) in [5.74, 6) is 0.901. The number of rotatable bonds is 3. The van der Waals surface area contributed by atoms with Crippen LogP contribution in [0.4, 0.5) is 17.1 Å². The molecule has 0 radical (unpaired) electrons. The van der Waals surface area contributed by atoms with Gasteiger partial charge in [0.25, 0.3) is 0 Å². The molecule has 28 heavy (non-hydrogen) atoms. The Morgan fingerprint density at radius 2 is 1.39 bits per heavy atom. The Morgan fingerprint density at radius 1 is 0.750 bits per heavy atom. The third-order valence-corrected chi connectivity index (χ3v) is 6.03. The van der Waals surface area contributed by atoms with Gasteiger partial charge in [0.2, 0.25) is 0 Å². The molecular weight excluding hydrogens is 339 g/mol. The maximum atomic E-state index is 4.87. The fraction of sp³-hybridized carbons (Fsp3) is 0.240. The predicted octanol–water partition coefficient (Wildman–Crippen LogP) is 5.25. The Hall–Kier alpha value is -2.81. The molecule has 5 rings (SSSR count). The highest BCUT2D eigenvalue weighted by atomic mass is 15.2. The van der Waals surface area contributed by atoms with Crippen LogP contribution in [0.2, 0.25) is 0 Å². The maximum absolute atomic E-state index is 4.87. The smallest absolute Gasteiger partial charge is 0.335 e. The van der Waals surface area contributed by atoms with E-state index in [4.69, 9.17) is 4.90 Å². The highest BCUT2D eigenvalue weighted by molar-refractivity contribution is 6.89. The van der Waals surface area contributed by atoms with Gasteiger partial charge in [0.05, 0.1) is 5.69 Å². The first kappa shape index (κ1) is 17.3. The molecule has 0 atom stereocenters. The number of anilines is 3. The van der Waals surface area contributed by atoms with E-state index in [0.29, 0.717) is 11.8 Å². The van der Waals surface area contributed by atoms with Crippen LogP contribution in [0.25, 0.3) is 0 Å². The van der Waals surface area contributed by atoms with Gasteiger partial charge in [-0.05, 0) is 51.6 Å². The lowest BCUT2D eigenvalue weighted by molar-refractivity contribution is 0.831. The molecule has 0 bridgehead atoms. The fourth-order valence-electron chi connectivity index (χ4n) is 4.70. The number of nitrogens with zero attached hydrogens (tertiary/aromatic N) is 2. The molecule has 2 aliphatic rings. The van der Waals surface area contributed by atoms with Crippen LogP contribution in [0.15, 0.2) is 65.6 Å². The minimum Gasteiger partial charge on any atom is -0.335 e. The van der Waals surface area contributed by atoms with Crippen molar-refractivity contribution in [3.63, 3.8) is 0 Å². The van der Waals surface area contributed by atoms with Crippen molar-refractivity contribution in [2.45, 2.75) is 39.5 Å². The summed E-state index contributed by atoms with van der Waals surface area (Å²) in [6.45, 7) is 9.29. The molecule has 0 saturated heterocycles.